The standard InChI is InChI=1S/C8H12N2S2/c1-11-7-5-3-4-6(10-9)8(7)12-2/h3-5,10H,9H2,1-2H3. The summed E-state index contributed by atoms with van der Waals surface area (Å²) in [7, 11) is 0. The molecular formula is C8H12N2S2. The van der Waals surface area contributed by atoms with Crippen LogP contribution in [0.1, 0.15) is 0 Å². The van der Waals surface area contributed by atoms with Crippen molar-refractivity contribution in [1.82, 2.24) is 0 Å². The summed E-state index contributed by atoms with van der Waals surface area (Å²) in [5.41, 5.74) is 3.68. The molecule has 2 nitrogen and oxygen atoms in total. The molecule has 0 heterocycles. The minimum atomic E-state index is 0.995. The third kappa shape index (κ3) is 1.88. The van der Waals surface area contributed by atoms with Crippen LogP contribution in [0.4, 0.5) is 5.69 Å². The smallest absolute Gasteiger partial charge is 0.0632 e. The summed E-state index contributed by atoms with van der Waals surface area (Å²) in [5.74, 6) is 5.38. The van der Waals surface area contributed by atoms with E-state index in [-0.39, 0.29) is 0 Å². The molecule has 0 aliphatic heterocycles. The molecule has 0 atom stereocenters. The zero-order valence-electron chi connectivity index (χ0n) is 7.13. The van der Waals surface area contributed by atoms with Crippen molar-refractivity contribution >= 4 is 29.2 Å². The summed E-state index contributed by atoms with van der Waals surface area (Å²) in [6.07, 6.45) is 4.12. The van der Waals surface area contributed by atoms with Crippen molar-refractivity contribution in [3.8, 4) is 0 Å². The molecule has 0 radical (unpaired) electrons. The summed E-state index contributed by atoms with van der Waals surface area (Å²) < 4.78 is 0. The van der Waals surface area contributed by atoms with Gasteiger partial charge in [0.25, 0.3) is 0 Å². The number of benzene rings is 1. The molecule has 1 aromatic carbocycles. The number of hydrogen-bond donors (Lipinski definition) is 2. The lowest BCUT2D eigenvalue weighted by Gasteiger charge is -2.09. The fourth-order valence-electron chi connectivity index (χ4n) is 1.00. The Bertz CT molecular complexity index is 241. The Morgan fingerprint density at radius 2 is 2.00 bits per heavy atom. The Morgan fingerprint density at radius 3 is 2.50 bits per heavy atom. The summed E-state index contributed by atoms with van der Waals surface area (Å²) in [4.78, 5) is 2.48. The van der Waals surface area contributed by atoms with E-state index in [9.17, 15) is 0 Å². The molecule has 0 amide bonds. The lowest BCUT2D eigenvalue weighted by molar-refractivity contribution is 1.20. The van der Waals surface area contributed by atoms with Crippen molar-refractivity contribution in [3.63, 3.8) is 0 Å². The van der Waals surface area contributed by atoms with E-state index in [1.54, 1.807) is 23.5 Å². The van der Waals surface area contributed by atoms with Gasteiger partial charge < -0.3 is 5.43 Å². The lowest BCUT2D eigenvalue weighted by Crippen LogP contribution is -2.07. The Balaban J connectivity index is 3.13. The normalized spacial score (nSPS) is 9.92. The SMILES string of the molecule is CSc1cccc(NN)c1SC. The van der Waals surface area contributed by atoms with Crippen LogP contribution < -0.4 is 11.3 Å². The number of thioether (sulfide) groups is 2. The molecule has 0 aliphatic rings. The highest BCUT2D eigenvalue weighted by atomic mass is 32.2. The first-order valence-electron chi connectivity index (χ1n) is 3.51. The molecule has 0 saturated heterocycles. The van der Waals surface area contributed by atoms with Gasteiger partial charge >= 0.3 is 0 Å². The number of anilines is 1. The van der Waals surface area contributed by atoms with E-state index in [1.165, 1.54) is 9.79 Å². The van der Waals surface area contributed by atoms with Crippen LogP contribution in [0.3, 0.4) is 0 Å². The summed E-state index contributed by atoms with van der Waals surface area (Å²) in [6, 6.07) is 6.07. The second-order valence-electron chi connectivity index (χ2n) is 2.19. The number of hydrogen-bond acceptors (Lipinski definition) is 4. The third-order valence-corrected chi connectivity index (χ3v) is 3.32. The number of nitrogens with two attached hydrogens (primary N) is 1. The summed E-state index contributed by atoms with van der Waals surface area (Å²) >= 11 is 3.44. The molecule has 0 aromatic heterocycles. The average Bonchev–Trinajstić information content (AvgIpc) is 2.16. The second-order valence-corrected chi connectivity index (χ2v) is 3.85. The Morgan fingerprint density at radius 1 is 1.25 bits per heavy atom. The zero-order valence-corrected chi connectivity index (χ0v) is 8.76. The maximum atomic E-state index is 5.38. The largest absolute Gasteiger partial charge is 0.323 e. The van der Waals surface area contributed by atoms with Crippen LogP contribution in [0.2, 0.25) is 0 Å². The van der Waals surface area contributed by atoms with Gasteiger partial charge in [0.15, 0.2) is 0 Å². The number of nitrogen functional groups attached to an aromatic ring is 1. The van der Waals surface area contributed by atoms with Crippen LogP contribution in [0.5, 0.6) is 0 Å². The number of nitrogens with one attached hydrogen (secondary N) is 1. The fraction of sp³-hybridized carbons (Fsp3) is 0.250. The van der Waals surface area contributed by atoms with Crippen LogP contribution in [-0.2, 0) is 0 Å². The molecule has 3 N–H and O–H groups in total. The topological polar surface area (TPSA) is 38.0 Å². The highest BCUT2D eigenvalue weighted by molar-refractivity contribution is 8.01. The quantitative estimate of drug-likeness (QED) is 0.446. The zero-order chi connectivity index (χ0) is 8.97. The number of hydrazine groups is 1. The summed E-state index contributed by atoms with van der Waals surface area (Å²) in [6.45, 7) is 0. The minimum Gasteiger partial charge on any atom is -0.323 e. The van der Waals surface area contributed by atoms with E-state index in [0.717, 1.165) is 5.69 Å². The van der Waals surface area contributed by atoms with Crippen molar-refractivity contribution in [1.29, 1.82) is 0 Å². The Labute approximate surface area is 81.3 Å². The number of rotatable bonds is 3. The predicted octanol–water partition coefficient (Wildman–Crippen LogP) is 2.42. The monoisotopic (exact) mass is 200 g/mol. The summed E-state index contributed by atoms with van der Waals surface area (Å²) in [5, 5.41) is 0. The molecule has 66 valence electrons. The molecule has 1 aromatic rings. The van der Waals surface area contributed by atoms with E-state index in [4.69, 9.17) is 5.84 Å². The van der Waals surface area contributed by atoms with Crippen LogP contribution in [-0.4, -0.2) is 12.5 Å². The van der Waals surface area contributed by atoms with Crippen LogP contribution in [0.15, 0.2) is 28.0 Å². The molecule has 12 heavy (non-hydrogen) atoms. The first kappa shape index (κ1) is 9.77. The van der Waals surface area contributed by atoms with Gasteiger partial charge in [-0.1, -0.05) is 6.07 Å². The van der Waals surface area contributed by atoms with Crippen molar-refractivity contribution in [2.45, 2.75) is 9.79 Å². The van der Waals surface area contributed by atoms with Gasteiger partial charge in [0.1, 0.15) is 0 Å². The second kappa shape index (κ2) is 4.64. The first-order chi connectivity index (χ1) is 5.83. The van der Waals surface area contributed by atoms with Gasteiger partial charge in [0, 0.05) is 9.79 Å². The van der Waals surface area contributed by atoms with Gasteiger partial charge in [0.05, 0.1) is 5.69 Å². The van der Waals surface area contributed by atoms with E-state index >= 15 is 0 Å². The van der Waals surface area contributed by atoms with Crippen LogP contribution in [0.25, 0.3) is 0 Å². The molecule has 0 spiro atoms. The molecule has 0 unspecified atom stereocenters. The highest BCUT2D eigenvalue weighted by Gasteiger charge is 2.04. The molecule has 0 aliphatic carbocycles. The van der Waals surface area contributed by atoms with E-state index in [0.29, 0.717) is 0 Å². The van der Waals surface area contributed by atoms with Gasteiger partial charge in [-0.15, -0.1) is 23.5 Å². The van der Waals surface area contributed by atoms with Crippen molar-refractivity contribution < 1.29 is 0 Å². The van der Waals surface area contributed by atoms with Crippen molar-refractivity contribution in [2.75, 3.05) is 17.9 Å². The van der Waals surface area contributed by atoms with E-state index < -0.39 is 0 Å². The average molecular weight is 200 g/mol. The maximum Gasteiger partial charge on any atom is 0.0632 e. The minimum absolute atomic E-state index is 0.995. The van der Waals surface area contributed by atoms with Crippen molar-refractivity contribution in [2.24, 2.45) is 5.84 Å². The van der Waals surface area contributed by atoms with Gasteiger partial charge in [-0.2, -0.15) is 0 Å². The van der Waals surface area contributed by atoms with Gasteiger partial charge in [-0.05, 0) is 24.6 Å². The first-order valence-corrected chi connectivity index (χ1v) is 5.96. The van der Waals surface area contributed by atoms with Gasteiger partial charge in [-0.25, -0.2) is 0 Å². The molecule has 1 rings (SSSR count). The lowest BCUT2D eigenvalue weighted by atomic mass is 10.3. The fourth-order valence-corrected chi connectivity index (χ4v) is 2.63. The molecular weight excluding hydrogens is 188 g/mol. The van der Waals surface area contributed by atoms with Crippen molar-refractivity contribution in [3.05, 3.63) is 18.2 Å². The Hall–Kier alpha value is -0.320. The van der Waals surface area contributed by atoms with Crippen LogP contribution >= 0.6 is 23.5 Å². The Kier molecular flexibility index (Phi) is 3.78. The van der Waals surface area contributed by atoms with Gasteiger partial charge in [-0.3, -0.25) is 5.84 Å². The highest BCUT2D eigenvalue weighted by Crippen LogP contribution is 2.33. The molecule has 0 saturated carbocycles. The molecule has 4 heteroatoms. The van der Waals surface area contributed by atoms with Crippen LogP contribution in [0, 0.1) is 0 Å². The van der Waals surface area contributed by atoms with Gasteiger partial charge in [0.2, 0.25) is 0 Å². The predicted molar refractivity (Wildman–Crippen MR) is 57.8 cm³/mol. The van der Waals surface area contributed by atoms with E-state index in [2.05, 4.69) is 24.0 Å². The molecule has 0 bridgehead atoms. The van der Waals surface area contributed by atoms with E-state index in [1.807, 2.05) is 12.1 Å². The maximum absolute atomic E-state index is 5.38. The third-order valence-electron chi connectivity index (χ3n) is 1.56. The molecule has 0 fully saturated rings.